The molecule has 0 saturated heterocycles. The van der Waals surface area contributed by atoms with Crippen LogP contribution in [-0.4, -0.2) is 29.9 Å². The van der Waals surface area contributed by atoms with Crippen LogP contribution in [0.2, 0.25) is 0 Å². The second kappa shape index (κ2) is 10.1. The molecule has 0 bridgehead atoms. The molecule has 2 aromatic carbocycles. The lowest BCUT2D eigenvalue weighted by molar-refractivity contribution is -0.140. The molecule has 2 N–H and O–H groups in total. The molecule has 1 heterocycles. The van der Waals surface area contributed by atoms with Crippen molar-refractivity contribution in [2.24, 2.45) is 21.4 Å². The Morgan fingerprint density at radius 3 is 1.97 bits per heavy atom. The van der Waals surface area contributed by atoms with E-state index in [1.807, 2.05) is 81.4 Å². The summed E-state index contributed by atoms with van der Waals surface area (Å²) in [5, 5.41) is 8.90. The lowest BCUT2D eigenvalue weighted by Crippen LogP contribution is -2.26. The average molecular weight is 446 g/mol. The van der Waals surface area contributed by atoms with Gasteiger partial charge in [0.05, 0.1) is 6.61 Å². The monoisotopic (exact) mass is 445 g/mol. The molecule has 0 spiro atoms. The summed E-state index contributed by atoms with van der Waals surface area (Å²) in [4.78, 5) is 24.6. The van der Waals surface area contributed by atoms with E-state index in [1.54, 1.807) is 13.0 Å². The number of benzene rings is 2. The minimum absolute atomic E-state index is 0.0601. The molecule has 0 saturated carbocycles. The molecule has 0 unspecified atom stereocenters. The van der Waals surface area contributed by atoms with Gasteiger partial charge >= 0.3 is 5.97 Å². The Kier molecular flexibility index (Phi) is 7.23. The molecule has 170 valence electrons. The maximum Gasteiger partial charge on any atom is 0.347 e. The summed E-state index contributed by atoms with van der Waals surface area (Å²) >= 11 is 0. The van der Waals surface area contributed by atoms with Crippen LogP contribution >= 0.6 is 0 Å². The molecule has 7 nitrogen and oxygen atoms in total. The first-order chi connectivity index (χ1) is 15.7. The average Bonchev–Trinajstić information content (AvgIpc) is 3.20. The van der Waals surface area contributed by atoms with Gasteiger partial charge in [-0.1, -0.05) is 81.4 Å². The SMILES string of the molecule is CCOC(=O)/C(C(N)=O)=C1\OC(C(C)(C)C)=C\C1=N/N=C(c1ccccc1)c1ccccc1. The van der Waals surface area contributed by atoms with E-state index in [4.69, 9.17) is 15.2 Å². The van der Waals surface area contributed by atoms with E-state index in [2.05, 4.69) is 10.2 Å². The van der Waals surface area contributed by atoms with Gasteiger partial charge in [0.2, 0.25) is 0 Å². The van der Waals surface area contributed by atoms with Crippen LogP contribution in [0.4, 0.5) is 0 Å². The van der Waals surface area contributed by atoms with Crippen LogP contribution in [0.25, 0.3) is 0 Å². The van der Waals surface area contributed by atoms with Gasteiger partial charge in [-0.25, -0.2) is 4.79 Å². The first-order valence-electron chi connectivity index (χ1n) is 10.6. The van der Waals surface area contributed by atoms with Gasteiger partial charge in [-0.3, -0.25) is 4.79 Å². The zero-order valence-electron chi connectivity index (χ0n) is 19.2. The number of hydrogen-bond acceptors (Lipinski definition) is 6. The Morgan fingerprint density at radius 1 is 0.970 bits per heavy atom. The van der Waals surface area contributed by atoms with E-state index in [-0.39, 0.29) is 18.1 Å². The molecule has 7 heteroatoms. The number of esters is 1. The number of carbonyl (C=O) groups is 2. The van der Waals surface area contributed by atoms with Crippen LogP contribution in [0.5, 0.6) is 0 Å². The minimum atomic E-state index is -0.963. The largest absolute Gasteiger partial charge is 0.462 e. The van der Waals surface area contributed by atoms with E-state index in [1.165, 1.54) is 0 Å². The van der Waals surface area contributed by atoms with Crippen molar-refractivity contribution in [1.82, 2.24) is 0 Å². The molecule has 0 fully saturated rings. The first-order valence-corrected chi connectivity index (χ1v) is 10.6. The second-order valence-electron chi connectivity index (χ2n) is 8.32. The highest BCUT2D eigenvalue weighted by Crippen LogP contribution is 2.35. The molecule has 1 aliphatic heterocycles. The topological polar surface area (TPSA) is 103 Å². The highest BCUT2D eigenvalue weighted by atomic mass is 16.5. The van der Waals surface area contributed by atoms with Gasteiger partial charge < -0.3 is 15.2 Å². The summed E-state index contributed by atoms with van der Waals surface area (Å²) in [5.41, 5.74) is 7.25. The molecular formula is C26H27N3O4. The lowest BCUT2D eigenvalue weighted by Gasteiger charge is -2.19. The quantitative estimate of drug-likeness (QED) is 0.180. The number of hydrogen-bond donors (Lipinski definition) is 1. The molecule has 0 radical (unpaired) electrons. The van der Waals surface area contributed by atoms with E-state index in [0.29, 0.717) is 11.5 Å². The molecule has 0 aromatic heterocycles. The number of nitrogens with two attached hydrogens (primary N) is 1. The Balaban J connectivity index is 2.21. The van der Waals surface area contributed by atoms with Gasteiger partial charge in [0.15, 0.2) is 11.3 Å². The van der Waals surface area contributed by atoms with Crippen molar-refractivity contribution < 1.29 is 19.1 Å². The predicted octanol–water partition coefficient (Wildman–Crippen LogP) is 4.14. The van der Waals surface area contributed by atoms with E-state index < -0.39 is 22.9 Å². The highest BCUT2D eigenvalue weighted by molar-refractivity contribution is 6.24. The summed E-state index contributed by atoms with van der Waals surface area (Å²) in [6.07, 6.45) is 1.66. The summed E-state index contributed by atoms with van der Waals surface area (Å²) < 4.78 is 10.9. The third-order valence-electron chi connectivity index (χ3n) is 4.76. The standard InChI is InChI=1S/C26H27N3O4/c1-5-32-25(31)21(24(27)30)23-19(16-20(33-23)26(2,3)4)28-29-22(17-12-8-6-9-13-17)18-14-10-7-11-15-18/h6-16H,5H2,1-4H3,(H2,27,30)/b23-21-,28-19+. The van der Waals surface area contributed by atoms with Crippen LogP contribution in [0.15, 0.2) is 94.0 Å². The van der Waals surface area contributed by atoms with Crippen molar-refractivity contribution in [3.8, 4) is 0 Å². The van der Waals surface area contributed by atoms with Crippen LogP contribution in [0.1, 0.15) is 38.8 Å². The Labute approximate surface area is 193 Å². The fourth-order valence-electron chi connectivity index (χ4n) is 3.09. The molecule has 0 aliphatic carbocycles. The van der Waals surface area contributed by atoms with Gasteiger partial charge in [-0.05, 0) is 6.92 Å². The Bertz CT molecular complexity index is 1110. The molecular weight excluding hydrogens is 418 g/mol. The van der Waals surface area contributed by atoms with Crippen LogP contribution < -0.4 is 5.73 Å². The summed E-state index contributed by atoms with van der Waals surface area (Å²) in [6, 6.07) is 19.2. The Hall–Kier alpha value is -4.00. The molecule has 33 heavy (non-hydrogen) atoms. The number of allylic oxidation sites excluding steroid dienone is 2. The fraction of sp³-hybridized carbons (Fsp3) is 0.231. The molecule has 2 aromatic rings. The van der Waals surface area contributed by atoms with Gasteiger partial charge in [-0.2, -0.15) is 0 Å². The zero-order valence-corrected chi connectivity index (χ0v) is 19.2. The maximum atomic E-state index is 12.5. The first kappa shape index (κ1) is 23.7. The lowest BCUT2D eigenvalue weighted by atomic mass is 9.94. The second-order valence-corrected chi connectivity index (χ2v) is 8.32. The minimum Gasteiger partial charge on any atom is -0.462 e. The van der Waals surface area contributed by atoms with Crippen molar-refractivity contribution >= 4 is 23.3 Å². The number of amides is 1. The normalized spacial score (nSPS) is 16.0. The van der Waals surface area contributed by atoms with Gasteiger partial charge in [0, 0.05) is 22.6 Å². The summed E-state index contributed by atoms with van der Waals surface area (Å²) in [6.45, 7) is 7.54. The number of carbonyl (C=O) groups excluding carboxylic acids is 2. The van der Waals surface area contributed by atoms with E-state index in [0.717, 1.165) is 11.1 Å². The third-order valence-corrected chi connectivity index (χ3v) is 4.76. The molecule has 3 rings (SSSR count). The van der Waals surface area contributed by atoms with E-state index in [9.17, 15) is 9.59 Å². The highest BCUT2D eigenvalue weighted by Gasteiger charge is 2.35. The van der Waals surface area contributed by atoms with Crippen molar-refractivity contribution in [3.63, 3.8) is 0 Å². The van der Waals surface area contributed by atoms with Gasteiger partial charge in [0.1, 0.15) is 17.2 Å². The smallest absolute Gasteiger partial charge is 0.347 e. The van der Waals surface area contributed by atoms with Crippen LogP contribution in [0.3, 0.4) is 0 Å². The van der Waals surface area contributed by atoms with Gasteiger partial charge in [0.25, 0.3) is 5.91 Å². The van der Waals surface area contributed by atoms with Crippen molar-refractivity contribution in [1.29, 1.82) is 0 Å². The van der Waals surface area contributed by atoms with Crippen molar-refractivity contribution in [2.75, 3.05) is 6.61 Å². The molecule has 0 atom stereocenters. The summed E-state index contributed by atoms with van der Waals surface area (Å²) in [5.74, 6) is -1.37. The van der Waals surface area contributed by atoms with E-state index >= 15 is 0 Å². The molecule has 1 aliphatic rings. The maximum absolute atomic E-state index is 12.5. The number of ether oxygens (including phenoxy) is 2. The number of nitrogens with zero attached hydrogens (tertiary/aromatic N) is 2. The predicted molar refractivity (Wildman–Crippen MR) is 127 cm³/mol. The van der Waals surface area contributed by atoms with Crippen LogP contribution in [-0.2, 0) is 19.1 Å². The number of rotatable bonds is 6. The fourth-order valence-corrected chi connectivity index (χ4v) is 3.09. The third kappa shape index (κ3) is 5.63. The van der Waals surface area contributed by atoms with Crippen molar-refractivity contribution in [3.05, 3.63) is 95.0 Å². The van der Waals surface area contributed by atoms with Crippen molar-refractivity contribution in [2.45, 2.75) is 27.7 Å². The summed E-state index contributed by atoms with van der Waals surface area (Å²) in [7, 11) is 0. The Morgan fingerprint density at radius 2 is 1.52 bits per heavy atom. The van der Waals surface area contributed by atoms with Gasteiger partial charge in [-0.15, -0.1) is 10.2 Å². The number of primary amides is 1. The van der Waals surface area contributed by atoms with Crippen LogP contribution in [0, 0.1) is 5.41 Å². The zero-order chi connectivity index (χ0) is 24.0. The molecule has 1 amide bonds.